The quantitative estimate of drug-likeness (QED) is 0.669. The van der Waals surface area contributed by atoms with Crippen molar-refractivity contribution < 1.29 is 24.1 Å². The number of unbranched alkanes of at least 4 members (excludes halogenated alkanes) is 1. The summed E-state index contributed by atoms with van der Waals surface area (Å²) in [4.78, 5) is 0. The second-order valence-electron chi connectivity index (χ2n) is 4.39. The van der Waals surface area contributed by atoms with Crippen LogP contribution in [0.3, 0.4) is 0 Å². The maximum atomic E-state index is 9.61. The summed E-state index contributed by atoms with van der Waals surface area (Å²) in [5.74, 6) is 1.22. The molecule has 1 N–H and O–H groups in total. The third kappa shape index (κ3) is 4.67. The Balaban J connectivity index is 3.05. The number of aryl methyl sites for hydroxylation is 1. The molecule has 1 aromatic rings. The monoisotopic (exact) mass is 284 g/mol. The van der Waals surface area contributed by atoms with Gasteiger partial charge in [-0.3, -0.25) is 0 Å². The SMILES string of the molecule is CCCCc1ccc(OCOC)c(CO)c1OCOC. The molecule has 1 rings (SSSR count). The number of aliphatic hydroxyl groups excluding tert-OH is 1. The van der Waals surface area contributed by atoms with Gasteiger partial charge in [-0.2, -0.15) is 0 Å². The Bertz CT molecular complexity index is 392. The van der Waals surface area contributed by atoms with Gasteiger partial charge in [-0.15, -0.1) is 0 Å². The summed E-state index contributed by atoms with van der Waals surface area (Å²) in [5.41, 5.74) is 1.69. The Morgan fingerprint density at radius 2 is 1.75 bits per heavy atom. The molecule has 0 unspecified atom stereocenters. The highest BCUT2D eigenvalue weighted by molar-refractivity contribution is 5.50. The van der Waals surface area contributed by atoms with Crippen LogP contribution in [-0.2, 0) is 22.5 Å². The van der Waals surface area contributed by atoms with Crippen LogP contribution in [0.15, 0.2) is 12.1 Å². The van der Waals surface area contributed by atoms with E-state index in [0.29, 0.717) is 17.1 Å². The Morgan fingerprint density at radius 1 is 1.05 bits per heavy atom. The maximum Gasteiger partial charge on any atom is 0.188 e. The molecule has 0 aliphatic heterocycles. The van der Waals surface area contributed by atoms with Crippen molar-refractivity contribution in [2.24, 2.45) is 0 Å². The van der Waals surface area contributed by atoms with E-state index < -0.39 is 0 Å². The summed E-state index contributed by atoms with van der Waals surface area (Å²) in [6.07, 6.45) is 3.06. The molecule has 1 aromatic carbocycles. The van der Waals surface area contributed by atoms with Gasteiger partial charge < -0.3 is 24.1 Å². The van der Waals surface area contributed by atoms with Crippen molar-refractivity contribution in [3.8, 4) is 11.5 Å². The largest absolute Gasteiger partial charge is 0.467 e. The summed E-state index contributed by atoms with van der Waals surface area (Å²) in [6.45, 7) is 2.25. The van der Waals surface area contributed by atoms with E-state index in [0.717, 1.165) is 24.8 Å². The van der Waals surface area contributed by atoms with Crippen LogP contribution < -0.4 is 9.47 Å². The number of rotatable bonds is 10. The Labute approximate surface area is 120 Å². The van der Waals surface area contributed by atoms with E-state index >= 15 is 0 Å². The number of hydrogen-bond donors (Lipinski definition) is 1. The van der Waals surface area contributed by atoms with Gasteiger partial charge in [0.2, 0.25) is 0 Å². The third-order valence-corrected chi connectivity index (χ3v) is 2.91. The van der Waals surface area contributed by atoms with Crippen molar-refractivity contribution in [1.82, 2.24) is 0 Å². The van der Waals surface area contributed by atoms with Gasteiger partial charge >= 0.3 is 0 Å². The van der Waals surface area contributed by atoms with E-state index in [-0.39, 0.29) is 20.2 Å². The van der Waals surface area contributed by atoms with E-state index in [4.69, 9.17) is 18.9 Å². The maximum absolute atomic E-state index is 9.61. The number of aliphatic hydroxyl groups is 1. The first kappa shape index (κ1) is 16.8. The lowest BCUT2D eigenvalue weighted by atomic mass is 10.0. The Morgan fingerprint density at radius 3 is 2.35 bits per heavy atom. The van der Waals surface area contributed by atoms with Crippen LogP contribution in [0.4, 0.5) is 0 Å². The normalized spacial score (nSPS) is 10.6. The predicted molar refractivity (Wildman–Crippen MR) is 76.0 cm³/mol. The minimum atomic E-state index is -0.155. The summed E-state index contributed by atoms with van der Waals surface area (Å²) in [6, 6.07) is 3.81. The molecule has 0 radical (unpaired) electrons. The van der Waals surface area contributed by atoms with Gasteiger partial charge in [0.1, 0.15) is 11.5 Å². The molecule has 0 saturated heterocycles. The molecule has 0 atom stereocenters. The van der Waals surface area contributed by atoms with Crippen molar-refractivity contribution in [3.05, 3.63) is 23.3 Å². The molecule has 5 heteroatoms. The summed E-state index contributed by atoms with van der Waals surface area (Å²) < 4.78 is 20.9. The van der Waals surface area contributed by atoms with Crippen molar-refractivity contribution in [2.45, 2.75) is 32.8 Å². The van der Waals surface area contributed by atoms with E-state index in [2.05, 4.69) is 6.92 Å². The highest BCUT2D eigenvalue weighted by atomic mass is 16.7. The molecule has 0 amide bonds. The van der Waals surface area contributed by atoms with Gasteiger partial charge in [-0.25, -0.2) is 0 Å². The number of methoxy groups -OCH3 is 2. The second kappa shape index (κ2) is 9.58. The molecule has 0 spiro atoms. The first-order valence-electron chi connectivity index (χ1n) is 6.77. The van der Waals surface area contributed by atoms with E-state index in [1.807, 2.05) is 12.1 Å². The van der Waals surface area contributed by atoms with Gasteiger partial charge in [0.25, 0.3) is 0 Å². The Hall–Kier alpha value is -1.30. The summed E-state index contributed by atoms with van der Waals surface area (Å²) in [7, 11) is 3.12. The lowest BCUT2D eigenvalue weighted by Gasteiger charge is -2.18. The predicted octanol–water partition coefficient (Wildman–Crippen LogP) is 2.49. The van der Waals surface area contributed by atoms with E-state index in [1.54, 1.807) is 14.2 Å². The van der Waals surface area contributed by atoms with Gasteiger partial charge in [0.05, 0.1) is 12.2 Å². The highest BCUT2D eigenvalue weighted by Crippen LogP contribution is 2.33. The Kier molecular flexibility index (Phi) is 8.02. The van der Waals surface area contributed by atoms with Crippen LogP contribution in [0.5, 0.6) is 11.5 Å². The van der Waals surface area contributed by atoms with Gasteiger partial charge in [0, 0.05) is 14.2 Å². The summed E-state index contributed by atoms with van der Waals surface area (Å²) in [5, 5.41) is 9.61. The third-order valence-electron chi connectivity index (χ3n) is 2.91. The molecule has 0 bridgehead atoms. The average molecular weight is 284 g/mol. The average Bonchev–Trinajstić information content (AvgIpc) is 2.48. The summed E-state index contributed by atoms with van der Waals surface area (Å²) >= 11 is 0. The fourth-order valence-electron chi connectivity index (χ4n) is 1.93. The van der Waals surface area contributed by atoms with E-state index in [1.165, 1.54) is 0 Å². The van der Waals surface area contributed by atoms with Crippen molar-refractivity contribution >= 4 is 0 Å². The molecular formula is C15H24O5. The number of benzene rings is 1. The van der Waals surface area contributed by atoms with Crippen LogP contribution in [0.1, 0.15) is 30.9 Å². The van der Waals surface area contributed by atoms with Crippen LogP contribution in [0, 0.1) is 0 Å². The lowest BCUT2D eigenvalue weighted by molar-refractivity contribution is 0.0424. The van der Waals surface area contributed by atoms with Crippen LogP contribution in [-0.4, -0.2) is 32.9 Å². The molecule has 0 saturated carbocycles. The van der Waals surface area contributed by atoms with Gasteiger partial charge in [-0.1, -0.05) is 19.4 Å². The molecule has 0 fully saturated rings. The molecule has 114 valence electrons. The van der Waals surface area contributed by atoms with Crippen molar-refractivity contribution in [1.29, 1.82) is 0 Å². The van der Waals surface area contributed by atoms with Gasteiger partial charge in [0.15, 0.2) is 13.6 Å². The highest BCUT2D eigenvalue weighted by Gasteiger charge is 2.15. The molecular weight excluding hydrogens is 260 g/mol. The first-order valence-corrected chi connectivity index (χ1v) is 6.77. The second-order valence-corrected chi connectivity index (χ2v) is 4.39. The minimum absolute atomic E-state index is 0.130. The first-order chi connectivity index (χ1) is 9.78. The number of hydrogen-bond acceptors (Lipinski definition) is 5. The fraction of sp³-hybridized carbons (Fsp3) is 0.600. The molecule has 0 aliphatic rings. The minimum Gasteiger partial charge on any atom is -0.467 e. The molecule has 0 aliphatic carbocycles. The standard InChI is InChI=1S/C15H24O5/c1-4-5-6-12-7-8-14(19-10-17-2)13(9-16)15(12)20-11-18-3/h7-8,16H,4-6,9-11H2,1-3H3. The molecule has 20 heavy (non-hydrogen) atoms. The van der Waals surface area contributed by atoms with E-state index in [9.17, 15) is 5.11 Å². The molecule has 0 aromatic heterocycles. The molecule has 0 heterocycles. The number of ether oxygens (including phenoxy) is 4. The lowest BCUT2D eigenvalue weighted by Crippen LogP contribution is -2.08. The smallest absolute Gasteiger partial charge is 0.188 e. The topological polar surface area (TPSA) is 57.2 Å². The van der Waals surface area contributed by atoms with Gasteiger partial charge in [-0.05, 0) is 24.5 Å². The van der Waals surface area contributed by atoms with Crippen LogP contribution >= 0.6 is 0 Å². The van der Waals surface area contributed by atoms with Crippen LogP contribution in [0.25, 0.3) is 0 Å². The zero-order valence-electron chi connectivity index (χ0n) is 12.5. The van der Waals surface area contributed by atoms with Crippen molar-refractivity contribution in [3.63, 3.8) is 0 Å². The zero-order valence-corrected chi connectivity index (χ0v) is 12.5. The zero-order chi connectivity index (χ0) is 14.8. The van der Waals surface area contributed by atoms with Crippen LogP contribution in [0.2, 0.25) is 0 Å². The van der Waals surface area contributed by atoms with Crippen molar-refractivity contribution in [2.75, 3.05) is 27.8 Å². The fourth-order valence-corrected chi connectivity index (χ4v) is 1.93. The molecule has 5 nitrogen and oxygen atoms in total.